The van der Waals surface area contributed by atoms with Gasteiger partial charge in [-0.1, -0.05) is 24.3 Å². The van der Waals surface area contributed by atoms with Crippen LogP contribution in [0.3, 0.4) is 0 Å². The quantitative estimate of drug-likeness (QED) is 0.416. The van der Waals surface area contributed by atoms with E-state index in [9.17, 15) is 14.4 Å². The number of hydrogen-bond acceptors (Lipinski definition) is 4. The maximum Gasteiger partial charge on any atom is 0.328 e. The molecule has 1 fully saturated rings. The lowest BCUT2D eigenvalue weighted by atomic mass is 10.1. The highest BCUT2D eigenvalue weighted by Crippen LogP contribution is 2.31. The van der Waals surface area contributed by atoms with Crippen molar-refractivity contribution >= 4 is 39.4 Å². The van der Waals surface area contributed by atoms with Crippen molar-refractivity contribution in [3.63, 3.8) is 0 Å². The first-order valence-corrected chi connectivity index (χ1v) is 9.43. The second-order valence-corrected chi connectivity index (χ2v) is 6.75. The summed E-state index contributed by atoms with van der Waals surface area (Å²) in [5.41, 5.74) is 0.739. The van der Waals surface area contributed by atoms with Gasteiger partial charge >= 0.3 is 5.97 Å². The van der Waals surface area contributed by atoms with E-state index in [-0.39, 0.29) is 12.5 Å². The molecule has 1 N–H and O–H groups in total. The maximum absolute atomic E-state index is 12.7. The van der Waals surface area contributed by atoms with E-state index in [0.717, 1.165) is 10.2 Å². The van der Waals surface area contributed by atoms with Crippen LogP contribution < -0.4 is 10.2 Å². The van der Waals surface area contributed by atoms with E-state index in [4.69, 9.17) is 4.74 Å². The SMILES string of the molecule is CC=CCC(NC(=O)C1CCN(c2ccccc2Br)C1=O)C(=O)OCC. The summed E-state index contributed by atoms with van der Waals surface area (Å²) < 4.78 is 5.81. The van der Waals surface area contributed by atoms with Gasteiger partial charge in [0.1, 0.15) is 12.0 Å². The molecule has 0 spiro atoms. The van der Waals surface area contributed by atoms with Crippen LogP contribution in [-0.4, -0.2) is 37.0 Å². The Balaban J connectivity index is 2.08. The van der Waals surface area contributed by atoms with Gasteiger partial charge in [0.05, 0.1) is 12.3 Å². The van der Waals surface area contributed by atoms with Gasteiger partial charge in [-0.3, -0.25) is 9.59 Å². The third kappa shape index (κ3) is 4.72. The van der Waals surface area contributed by atoms with Crippen molar-refractivity contribution in [2.45, 2.75) is 32.7 Å². The van der Waals surface area contributed by atoms with Crippen LogP contribution in [0.1, 0.15) is 26.7 Å². The molecule has 0 bridgehead atoms. The molecule has 1 saturated heterocycles. The highest BCUT2D eigenvalue weighted by atomic mass is 79.9. The van der Waals surface area contributed by atoms with Crippen LogP contribution in [0.2, 0.25) is 0 Å². The first-order valence-electron chi connectivity index (χ1n) is 8.63. The number of anilines is 1. The highest BCUT2D eigenvalue weighted by molar-refractivity contribution is 9.10. The molecule has 2 unspecified atom stereocenters. The van der Waals surface area contributed by atoms with Gasteiger partial charge in [0, 0.05) is 11.0 Å². The van der Waals surface area contributed by atoms with E-state index >= 15 is 0 Å². The van der Waals surface area contributed by atoms with E-state index < -0.39 is 23.8 Å². The van der Waals surface area contributed by atoms with Crippen LogP contribution in [0.4, 0.5) is 5.69 Å². The fraction of sp³-hybridized carbons (Fsp3) is 0.421. The van der Waals surface area contributed by atoms with Crippen molar-refractivity contribution in [3.8, 4) is 0 Å². The number of nitrogens with zero attached hydrogens (tertiary/aromatic N) is 1. The number of benzene rings is 1. The van der Waals surface area contributed by atoms with Crippen molar-refractivity contribution < 1.29 is 19.1 Å². The van der Waals surface area contributed by atoms with Crippen LogP contribution in [0.5, 0.6) is 0 Å². The van der Waals surface area contributed by atoms with Crippen molar-refractivity contribution in [2.75, 3.05) is 18.1 Å². The third-order valence-electron chi connectivity index (χ3n) is 4.16. The van der Waals surface area contributed by atoms with Crippen LogP contribution in [0.15, 0.2) is 40.9 Å². The number of allylic oxidation sites excluding steroid dienone is 1. The number of esters is 1. The first-order chi connectivity index (χ1) is 12.5. The molecule has 0 aliphatic carbocycles. The zero-order valence-corrected chi connectivity index (χ0v) is 16.5. The first kappa shape index (κ1) is 20.2. The molecule has 26 heavy (non-hydrogen) atoms. The molecular weight excluding hydrogens is 400 g/mol. The molecule has 1 aliphatic rings. The largest absolute Gasteiger partial charge is 0.464 e. The zero-order valence-electron chi connectivity index (χ0n) is 14.9. The highest BCUT2D eigenvalue weighted by Gasteiger charge is 2.39. The zero-order chi connectivity index (χ0) is 19.1. The summed E-state index contributed by atoms with van der Waals surface area (Å²) in [6.07, 6.45) is 4.32. The summed E-state index contributed by atoms with van der Waals surface area (Å²) >= 11 is 3.43. The van der Waals surface area contributed by atoms with E-state index in [1.165, 1.54) is 0 Å². The minimum absolute atomic E-state index is 0.235. The monoisotopic (exact) mass is 422 g/mol. The molecule has 2 rings (SSSR count). The van der Waals surface area contributed by atoms with Crippen molar-refractivity contribution in [1.82, 2.24) is 5.32 Å². The standard InChI is InChI=1S/C19H23BrN2O4/c1-3-5-9-15(19(25)26-4-2)21-17(23)13-11-12-22(18(13)24)16-10-7-6-8-14(16)20/h3,5-8,10,13,15H,4,9,11-12H2,1-2H3,(H,21,23). The van der Waals surface area contributed by atoms with Crippen molar-refractivity contribution in [1.29, 1.82) is 0 Å². The number of para-hydroxylation sites is 1. The Morgan fingerprint density at radius 1 is 1.42 bits per heavy atom. The predicted octanol–water partition coefficient (Wildman–Crippen LogP) is 2.82. The predicted molar refractivity (Wildman–Crippen MR) is 103 cm³/mol. The van der Waals surface area contributed by atoms with E-state index in [1.54, 1.807) is 24.0 Å². The molecule has 2 atom stereocenters. The molecule has 2 amide bonds. The summed E-state index contributed by atoms with van der Waals surface area (Å²) in [6.45, 7) is 4.24. The van der Waals surface area contributed by atoms with Gasteiger partial charge in [-0.05, 0) is 54.8 Å². The van der Waals surface area contributed by atoms with E-state index in [0.29, 0.717) is 19.4 Å². The van der Waals surface area contributed by atoms with Crippen molar-refractivity contribution in [2.24, 2.45) is 5.92 Å². The number of hydrogen-bond donors (Lipinski definition) is 1. The minimum Gasteiger partial charge on any atom is -0.464 e. The average molecular weight is 423 g/mol. The second-order valence-electron chi connectivity index (χ2n) is 5.90. The Labute approximate surface area is 161 Å². The van der Waals surface area contributed by atoms with Gasteiger partial charge in [-0.15, -0.1) is 0 Å². The van der Waals surface area contributed by atoms with E-state index in [1.807, 2.05) is 31.2 Å². The van der Waals surface area contributed by atoms with Gasteiger partial charge in [-0.25, -0.2) is 4.79 Å². The Hall–Kier alpha value is -2.15. The van der Waals surface area contributed by atoms with Gasteiger partial charge in [0.25, 0.3) is 0 Å². The molecule has 1 aromatic rings. The lowest BCUT2D eigenvalue weighted by molar-refractivity contribution is -0.148. The van der Waals surface area contributed by atoms with Crippen LogP contribution in [0, 0.1) is 5.92 Å². The van der Waals surface area contributed by atoms with Crippen LogP contribution in [-0.2, 0) is 19.1 Å². The molecule has 1 aromatic carbocycles. The number of ether oxygens (including phenoxy) is 1. The summed E-state index contributed by atoms with van der Waals surface area (Å²) in [7, 11) is 0. The molecule has 7 heteroatoms. The van der Waals surface area contributed by atoms with Crippen LogP contribution >= 0.6 is 15.9 Å². The number of rotatable bonds is 7. The fourth-order valence-electron chi connectivity index (χ4n) is 2.83. The minimum atomic E-state index is -0.801. The molecular formula is C19H23BrN2O4. The van der Waals surface area contributed by atoms with Gasteiger partial charge in [0.2, 0.25) is 11.8 Å². The average Bonchev–Trinajstić information content (AvgIpc) is 3.00. The number of nitrogens with one attached hydrogen (secondary N) is 1. The fourth-order valence-corrected chi connectivity index (χ4v) is 3.33. The number of carbonyl (C=O) groups is 3. The normalized spacial score (nSPS) is 18.2. The lowest BCUT2D eigenvalue weighted by Gasteiger charge is -2.20. The van der Waals surface area contributed by atoms with Crippen molar-refractivity contribution in [3.05, 3.63) is 40.9 Å². The van der Waals surface area contributed by atoms with E-state index in [2.05, 4.69) is 21.2 Å². The Bertz CT molecular complexity index is 705. The molecule has 6 nitrogen and oxygen atoms in total. The molecule has 1 heterocycles. The molecule has 140 valence electrons. The molecule has 0 aromatic heterocycles. The maximum atomic E-state index is 12.7. The smallest absolute Gasteiger partial charge is 0.328 e. The molecule has 1 aliphatic heterocycles. The van der Waals surface area contributed by atoms with Gasteiger partial charge in [0.15, 0.2) is 0 Å². The summed E-state index contributed by atoms with van der Waals surface area (Å²) in [6, 6.07) is 6.60. The summed E-state index contributed by atoms with van der Waals surface area (Å²) in [4.78, 5) is 38.9. The Kier molecular flexibility index (Phi) is 7.38. The Morgan fingerprint density at radius 2 is 2.15 bits per heavy atom. The van der Waals surface area contributed by atoms with Gasteiger partial charge < -0.3 is 15.0 Å². The second kappa shape index (κ2) is 9.52. The number of halogens is 1. The lowest BCUT2D eigenvalue weighted by Crippen LogP contribution is -2.46. The topological polar surface area (TPSA) is 75.7 Å². The molecule has 0 saturated carbocycles. The van der Waals surface area contributed by atoms with Crippen LogP contribution in [0.25, 0.3) is 0 Å². The third-order valence-corrected chi connectivity index (χ3v) is 4.83. The molecule has 0 radical (unpaired) electrons. The summed E-state index contributed by atoms with van der Waals surface area (Å²) in [5.74, 6) is -1.99. The number of amides is 2. The number of carbonyl (C=O) groups excluding carboxylic acids is 3. The Morgan fingerprint density at radius 3 is 2.81 bits per heavy atom. The summed E-state index contributed by atoms with van der Waals surface area (Å²) in [5, 5.41) is 2.67. The van der Waals surface area contributed by atoms with Gasteiger partial charge in [-0.2, -0.15) is 0 Å².